The third-order valence-electron chi connectivity index (χ3n) is 10.7. The summed E-state index contributed by atoms with van der Waals surface area (Å²) in [6.07, 6.45) is 9.11. The Balaban J connectivity index is 1.41. The number of fused-ring (bicyclic) bond motifs is 5. The van der Waals surface area contributed by atoms with Gasteiger partial charge >= 0.3 is 0 Å². The quantitative estimate of drug-likeness (QED) is 0.235. The molecule has 0 unspecified atom stereocenters. The lowest BCUT2D eigenvalue weighted by molar-refractivity contribution is -0.0531. The topological polar surface area (TPSA) is 134 Å². The Labute approximate surface area is 304 Å². The molecule has 276 valence electrons. The van der Waals surface area contributed by atoms with Gasteiger partial charge in [-0.1, -0.05) is 25.3 Å². The van der Waals surface area contributed by atoms with E-state index in [0.717, 1.165) is 59.0 Å². The van der Waals surface area contributed by atoms with Crippen LogP contribution in [0.2, 0.25) is 0 Å². The maximum atomic E-state index is 14.2. The number of benzene rings is 2. The van der Waals surface area contributed by atoms with Gasteiger partial charge in [0.05, 0.1) is 61.4 Å². The molecule has 2 aromatic carbocycles. The van der Waals surface area contributed by atoms with Crippen molar-refractivity contribution in [2.24, 2.45) is 7.05 Å². The summed E-state index contributed by atoms with van der Waals surface area (Å²) in [5, 5.41) is 4.87. The molecule has 1 saturated heterocycles. The van der Waals surface area contributed by atoms with Gasteiger partial charge in [0, 0.05) is 49.3 Å². The average molecular weight is 730 g/mol. The Hall–Kier alpha value is -4.46. The molecule has 7 rings (SSSR count). The van der Waals surface area contributed by atoms with Crippen LogP contribution in [0.3, 0.4) is 0 Å². The molecule has 1 atom stereocenters. The first-order valence-corrected chi connectivity index (χ1v) is 19.6. The van der Waals surface area contributed by atoms with Gasteiger partial charge in [-0.25, -0.2) is 13.1 Å². The molecule has 12 nitrogen and oxygen atoms in total. The first kappa shape index (κ1) is 35.9. The Morgan fingerprint density at radius 3 is 2.58 bits per heavy atom. The summed E-state index contributed by atoms with van der Waals surface area (Å²) in [6, 6.07) is 11.6. The van der Waals surface area contributed by atoms with Crippen LogP contribution in [0.1, 0.15) is 89.4 Å². The van der Waals surface area contributed by atoms with Gasteiger partial charge in [-0.15, -0.1) is 0 Å². The molecule has 13 heteroatoms. The summed E-state index contributed by atoms with van der Waals surface area (Å²) in [4.78, 5) is 29.5. The highest BCUT2D eigenvalue weighted by Crippen LogP contribution is 2.48. The van der Waals surface area contributed by atoms with Crippen molar-refractivity contribution in [2.45, 2.75) is 69.8 Å². The highest BCUT2D eigenvalue weighted by atomic mass is 32.2. The number of hydrogen-bond acceptors (Lipinski definition) is 8. The fraction of sp³-hybridized carbons (Fsp3) is 0.462. The number of aryl methyl sites for hydroxylation is 1. The molecule has 4 aromatic rings. The number of nitrogens with zero attached hydrogens (tertiary/aromatic N) is 4. The summed E-state index contributed by atoms with van der Waals surface area (Å²) in [7, 11) is 1.27. The second kappa shape index (κ2) is 14.5. The van der Waals surface area contributed by atoms with Gasteiger partial charge in [0.1, 0.15) is 5.75 Å². The number of aromatic nitrogens is 3. The SMILES string of the molecule is COC[C@@H]1CN(C(=O)c2cnn(C)c2C2=Cc3cc(OC)ccc3-c3c(C4CCCCC4)c4ccc(C(=O)NS(=O)(=O)C(C)C)cc4n3C2)CCO1. The standard InChI is InChI=1S/C39H47N5O7S/c1-24(2)52(47,48)41-38(45)26-11-13-32-34(19-26)44-21-28(36-33(20-40-42(36)3)39(46)43-15-16-51-30(22-43)23-49-4)17-27-18-29(50-5)12-14-31(27)37(44)35(32)25-9-7-6-8-10-25/h11-14,17-20,24-25,30H,6-10,15-16,21-23H2,1-5H3,(H,41,45)/t30-/m0/s1. The lowest BCUT2D eigenvalue weighted by Gasteiger charge is -2.32. The van der Waals surface area contributed by atoms with E-state index in [1.165, 1.54) is 25.8 Å². The molecule has 2 aliphatic heterocycles. The Morgan fingerprint density at radius 2 is 1.85 bits per heavy atom. The third-order valence-corrected chi connectivity index (χ3v) is 12.4. The molecule has 0 radical (unpaired) electrons. The molecule has 3 aliphatic rings. The monoisotopic (exact) mass is 729 g/mol. The van der Waals surface area contributed by atoms with Crippen LogP contribution in [0.4, 0.5) is 0 Å². The van der Waals surface area contributed by atoms with Crippen molar-refractivity contribution in [3.63, 3.8) is 0 Å². The Morgan fingerprint density at radius 1 is 1.06 bits per heavy atom. The van der Waals surface area contributed by atoms with Crippen LogP contribution in [-0.2, 0) is 33.1 Å². The number of hydrogen-bond donors (Lipinski definition) is 1. The van der Waals surface area contributed by atoms with Crippen LogP contribution in [0, 0.1) is 0 Å². The number of amides is 2. The Bertz CT molecular complexity index is 2160. The number of sulfonamides is 1. The number of rotatable bonds is 9. The number of carbonyl (C=O) groups excluding carboxylic acids is 2. The lowest BCUT2D eigenvalue weighted by atomic mass is 9.81. The maximum absolute atomic E-state index is 14.2. The third kappa shape index (κ3) is 6.65. The molecule has 2 aromatic heterocycles. The van der Waals surface area contributed by atoms with Crippen LogP contribution >= 0.6 is 0 Å². The molecule has 1 N–H and O–H groups in total. The first-order valence-electron chi connectivity index (χ1n) is 18.0. The molecule has 0 spiro atoms. The minimum Gasteiger partial charge on any atom is -0.497 e. The zero-order chi connectivity index (χ0) is 36.7. The molecular weight excluding hydrogens is 683 g/mol. The number of allylic oxidation sites excluding steroid dienone is 1. The van der Waals surface area contributed by atoms with Crippen molar-refractivity contribution in [1.29, 1.82) is 0 Å². The average Bonchev–Trinajstić information content (AvgIpc) is 3.62. The summed E-state index contributed by atoms with van der Waals surface area (Å²) >= 11 is 0. The van der Waals surface area contributed by atoms with E-state index in [-0.39, 0.29) is 17.6 Å². The van der Waals surface area contributed by atoms with E-state index < -0.39 is 21.2 Å². The summed E-state index contributed by atoms with van der Waals surface area (Å²) < 4.78 is 48.5. The zero-order valence-corrected chi connectivity index (χ0v) is 31.3. The predicted octanol–water partition coefficient (Wildman–Crippen LogP) is 5.61. The van der Waals surface area contributed by atoms with Crippen molar-refractivity contribution in [3.05, 3.63) is 70.5 Å². The summed E-state index contributed by atoms with van der Waals surface area (Å²) in [5.41, 5.74) is 7.38. The van der Waals surface area contributed by atoms with Crippen LogP contribution in [0.15, 0.2) is 42.6 Å². The molecule has 4 heterocycles. The zero-order valence-electron chi connectivity index (χ0n) is 30.5. The smallest absolute Gasteiger partial charge is 0.264 e. The van der Waals surface area contributed by atoms with Gasteiger partial charge in [-0.2, -0.15) is 5.10 Å². The largest absolute Gasteiger partial charge is 0.497 e. The molecule has 2 amide bonds. The molecule has 2 fully saturated rings. The van der Waals surface area contributed by atoms with Crippen LogP contribution in [0.5, 0.6) is 5.75 Å². The van der Waals surface area contributed by atoms with E-state index in [1.807, 2.05) is 31.3 Å². The van der Waals surface area contributed by atoms with Gasteiger partial charge in [0.25, 0.3) is 11.8 Å². The fourth-order valence-corrected chi connectivity index (χ4v) is 8.58. The van der Waals surface area contributed by atoms with E-state index in [4.69, 9.17) is 14.2 Å². The second-order valence-corrected chi connectivity index (χ2v) is 16.5. The minimum absolute atomic E-state index is 0.130. The van der Waals surface area contributed by atoms with Crippen LogP contribution in [0.25, 0.3) is 33.8 Å². The minimum atomic E-state index is -3.84. The van der Waals surface area contributed by atoms with Gasteiger partial charge in [-0.3, -0.25) is 14.3 Å². The van der Waals surface area contributed by atoms with Gasteiger partial charge in [0.15, 0.2) is 0 Å². The molecule has 1 aliphatic carbocycles. The Kier molecular flexibility index (Phi) is 10.0. The summed E-state index contributed by atoms with van der Waals surface area (Å²) in [5.74, 6) is 0.216. The summed E-state index contributed by atoms with van der Waals surface area (Å²) in [6.45, 7) is 5.13. The van der Waals surface area contributed by atoms with E-state index in [9.17, 15) is 18.0 Å². The number of carbonyl (C=O) groups is 2. The van der Waals surface area contributed by atoms with Crippen molar-refractivity contribution in [3.8, 4) is 17.0 Å². The van der Waals surface area contributed by atoms with E-state index in [2.05, 4.69) is 26.5 Å². The van der Waals surface area contributed by atoms with Crippen LogP contribution < -0.4 is 9.46 Å². The van der Waals surface area contributed by atoms with E-state index in [0.29, 0.717) is 55.8 Å². The van der Waals surface area contributed by atoms with Crippen LogP contribution in [-0.4, -0.2) is 91.4 Å². The van der Waals surface area contributed by atoms with E-state index >= 15 is 0 Å². The second-order valence-electron chi connectivity index (χ2n) is 14.3. The van der Waals surface area contributed by atoms with Gasteiger partial charge < -0.3 is 23.7 Å². The molecule has 0 bridgehead atoms. The maximum Gasteiger partial charge on any atom is 0.264 e. The van der Waals surface area contributed by atoms with E-state index in [1.54, 1.807) is 36.1 Å². The van der Waals surface area contributed by atoms with Crippen molar-refractivity contribution < 1.29 is 32.2 Å². The number of ether oxygens (including phenoxy) is 3. The molecule has 52 heavy (non-hydrogen) atoms. The van der Waals surface area contributed by atoms with Crippen molar-refractivity contribution >= 4 is 44.4 Å². The van der Waals surface area contributed by atoms with Gasteiger partial charge in [-0.05, 0) is 85.7 Å². The van der Waals surface area contributed by atoms with Gasteiger partial charge in [0.2, 0.25) is 10.0 Å². The van der Waals surface area contributed by atoms with Crippen molar-refractivity contribution in [2.75, 3.05) is 40.5 Å². The number of morpholine rings is 1. The molecule has 1 saturated carbocycles. The van der Waals surface area contributed by atoms with Crippen molar-refractivity contribution in [1.82, 2.24) is 24.0 Å². The highest BCUT2D eigenvalue weighted by molar-refractivity contribution is 7.90. The number of methoxy groups -OCH3 is 2. The fourth-order valence-electron chi connectivity index (χ4n) is 7.97. The normalized spacial score (nSPS) is 18.2. The lowest BCUT2D eigenvalue weighted by Crippen LogP contribution is -2.47. The highest BCUT2D eigenvalue weighted by Gasteiger charge is 2.33. The predicted molar refractivity (Wildman–Crippen MR) is 200 cm³/mol. The molecular formula is C39H47N5O7S. The number of nitrogens with one attached hydrogen (secondary N) is 1. The first-order chi connectivity index (χ1) is 25.0.